The Morgan fingerprint density at radius 2 is 2.05 bits per heavy atom. The van der Waals surface area contributed by atoms with E-state index in [1.807, 2.05) is 31.4 Å². The molecule has 1 amide bonds. The number of benzene rings is 1. The summed E-state index contributed by atoms with van der Waals surface area (Å²) >= 11 is 3.49. The lowest BCUT2D eigenvalue weighted by Gasteiger charge is -2.12. The fourth-order valence-electron chi connectivity index (χ4n) is 2.80. The highest BCUT2D eigenvalue weighted by Crippen LogP contribution is 2.25. The minimum absolute atomic E-state index is 0.00772. The van der Waals surface area contributed by atoms with Crippen molar-refractivity contribution in [3.05, 3.63) is 40.6 Å². The number of hydrogen-bond acceptors (Lipinski definition) is 2. The summed E-state index contributed by atoms with van der Waals surface area (Å²) in [4.78, 5) is 12.4. The Kier molecular flexibility index (Phi) is 4.10. The molecule has 1 saturated carbocycles. The van der Waals surface area contributed by atoms with Crippen LogP contribution in [-0.2, 0) is 7.05 Å². The van der Waals surface area contributed by atoms with Gasteiger partial charge in [0.25, 0.3) is 5.91 Å². The van der Waals surface area contributed by atoms with Crippen molar-refractivity contribution in [2.75, 3.05) is 0 Å². The number of nitrogens with one attached hydrogen (secondary N) is 1. The second-order valence-electron chi connectivity index (χ2n) is 5.59. The Hall–Kier alpha value is -1.62. The first-order valence-electron chi connectivity index (χ1n) is 7.22. The lowest BCUT2D eigenvalue weighted by Crippen LogP contribution is -2.32. The summed E-state index contributed by atoms with van der Waals surface area (Å²) in [6.07, 6.45) is 8.36. The molecule has 0 saturated heterocycles. The van der Waals surface area contributed by atoms with Crippen LogP contribution in [0, 0.1) is 0 Å². The van der Waals surface area contributed by atoms with E-state index < -0.39 is 0 Å². The number of halogens is 1. The van der Waals surface area contributed by atoms with Crippen LogP contribution in [-0.4, -0.2) is 21.7 Å². The van der Waals surface area contributed by atoms with E-state index in [-0.39, 0.29) is 5.91 Å². The molecule has 0 unspecified atom stereocenters. The molecule has 0 aliphatic heterocycles. The second kappa shape index (κ2) is 6.02. The lowest BCUT2D eigenvalue weighted by molar-refractivity contribution is 0.0938. The van der Waals surface area contributed by atoms with Gasteiger partial charge in [-0.1, -0.05) is 28.8 Å². The van der Waals surface area contributed by atoms with Gasteiger partial charge in [0.05, 0.1) is 6.20 Å². The number of nitrogens with zero attached hydrogens (tertiary/aromatic N) is 2. The molecule has 0 spiro atoms. The number of amides is 1. The number of carbonyl (C=O) groups excluding carboxylic acids is 1. The molecule has 0 atom stereocenters. The van der Waals surface area contributed by atoms with Gasteiger partial charge in [-0.05, 0) is 36.6 Å². The molecule has 1 heterocycles. The third-order valence-corrected chi connectivity index (χ3v) is 4.35. The highest BCUT2D eigenvalue weighted by atomic mass is 79.9. The first-order chi connectivity index (χ1) is 10.1. The Morgan fingerprint density at radius 3 is 2.71 bits per heavy atom. The molecular formula is C16H18BrN3O. The zero-order valence-electron chi connectivity index (χ0n) is 12.0. The summed E-state index contributed by atoms with van der Waals surface area (Å²) in [7, 11) is 1.88. The van der Waals surface area contributed by atoms with Crippen LogP contribution in [0.3, 0.4) is 0 Å². The Labute approximate surface area is 132 Å². The second-order valence-corrected chi connectivity index (χ2v) is 6.50. The van der Waals surface area contributed by atoms with Crippen molar-refractivity contribution in [3.8, 4) is 11.1 Å². The molecule has 110 valence electrons. The average Bonchev–Trinajstić information content (AvgIpc) is 3.09. The summed E-state index contributed by atoms with van der Waals surface area (Å²) in [6.45, 7) is 0. The molecule has 3 rings (SSSR count). The van der Waals surface area contributed by atoms with Gasteiger partial charge in [-0.3, -0.25) is 9.48 Å². The van der Waals surface area contributed by atoms with Crippen LogP contribution in [0.4, 0.5) is 0 Å². The summed E-state index contributed by atoms with van der Waals surface area (Å²) in [5.41, 5.74) is 2.69. The minimum atomic E-state index is 0.00772. The van der Waals surface area contributed by atoms with E-state index in [1.165, 1.54) is 12.8 Å². The standard InChI is InChI=1S/C16H18BrN3O/c1-20-10-13(9-18-20)11-6-12(8-14(17)7-11)16(21)19-15-4-2-3-5-15/h6-10,15H,2-5H2,1H3,(H,19,21). The van der Waals surface area contributed by atoms with Crippen molar-refractivity contribution in [1.82, 2.24) is 15.1 Å². The van der Waals surface area contributed by atoms with Gasteiger partial charge in [0.15, 0.2) is 0 Å². The molecule has 1 aliphatic carbocycles. The van der Waals surface area contributed by atoms with Crippen LogP contribution in [0.2, 0.25) is 0 Å². The highest BCUT2D eigenvalue weighted by Gasteiger charge is 2.18. The van der Waals surface area contributed by atoms with Gasteiger partial charge >= 0.3 is 0 Å². The van der Waals surface area contributed by atoms with Gasteiger partial charge in [0.1, 0.15) is 0 Å². The molecule has 1 fully saturated rings. The van der Waals surface area contributed by atoms with E-state index >= 15 is 0 Å². The van der Waals surface area contributed by atoms with Crippen molar-refractivity contribution in [2.45, 2.75) is 31.7 Å². The monoisotopic (exact) mass is 347 g/mol. The van der Waals surface area contributed by atoms with E-state index in [1.54, 1.807) is 10.9 Å². The van der Waals surface area contributed by atoms with Crippen molar-refractivity contribution >= 4 is 21.8 Å². The maximum absolute atomic E-state index is 12.4. The SMILES string of the molecule is Cn1cc(-c2cc(Br)cc(C(=O)NC3CCCC3)c2)cn1. The molecule has 5 heteroatoms. The largest absolute Gasteiger partial charge is 0.349 e. The molecule has 0 bridgehead atoms. The Balaban J connectivity index is 1.85. The minimum Gasteiger partial charge on any atom is -0.349 e. The van der Waals surface area contributed by atoms with Gasteiger partial charge in [-0.2, -0.15) is 5.10 Å². The molecular weight excluding hydrogens is 330 g/mol. The zero-order chi connectivity index (χ0) is 14.8. The van der Waals surface area contributed by atoms with Gasteiger partial charge in [0, 0.05) is 34.9 Å². The number of carbonyl (C=O) groups is 1. The fourth-order valence-corrected chi connectivity index (χ4v) is 3.29. The predicted octanol–water partition coefficient (Wildman–Crippen LogP) is 3.52. The van der Waals surface area contributed by atoms with Crippen LogP contribution in [0.5, 0.6) is 0 Å². The maximum atomic E-state index is 12.4. The van der Waals surface area contributed by atoms with E-state index in [9.17, 15) is 4.79 Å². The molecule has 21 heavy (non-hydrogen) atoms. The topological polar surface area (TPSA) is 46.9 Å². The normalized spacial score (nSPS) is 15.3. The van der Waals surface area contributed by atoms with E-state index in [4.69, 9.17) is 0 Å². The van der Waals surface area contributed by atoms with Crippen LogP contribution >= 0.6 is 15.9 Å². The van der Waals surface area contributed by atoms with Crippen LogP contribution in [0.15, 0.2) is 35.1 Å². The van der Waals surface area contributed by atoms with Gasteiger partial charge in [-0.25, -0.2) is 0 Å². The third-order valence-electron chi connectivity index (χ3n) is 3.89. The van der Waals surface area contributed by atoms with Crippen molar-refractivity contribution in [2.24, 2.45) is 7.05 Å². The predicted molar refractivity (Wildman–Crippen MR) is 86.1 cm³/mol. The van der Waals surface area contributed by atoms with E-state index in [0.717, 1.165) is 28.4 Å². The molecule has 2 aromatic rings. The van der Waals surface area contributed by atoms with Gasteiger partial charge in [-0.15, -0.1) is 0 Å². The molecule has 1 aromatic carbocycles. The third kappa shape index (κ3) is 3.35. The zero-order valence-corrected chi connectivity index (χ0v) is 13.6. The van der Waals surface area contributed by atoms with Gasteiger partial charge < -0.3 is 5.32 Å². The van der Waals surface area contributed by atoms with Crippen molar-refractivity contribution in [3.63, 3.8) is 0 Å². The number of rotatable bonds is 3. The maximum Gasteiger partial charge on any atom is 0.251 e. The van der Waals surface area contributed by atoms with E-state index in [2.05, 4.69) is 26.3 Å². The molecule has 1 N–H and O–H groups in total. The summed E-state index contributed by atoms with van der Waals surface area (Å²) < 4.78 is 2.66. The molecule has 4 nitrogen and oxygen atoms in total. The van der Waals surface area contributed by atoms with Crippen LogP contribution in [0.25, 0.3) is 11.1 Å². The van der Waals surface area contributed by atoms with Gasteiger partial charge in [0.2, 0.25) is 0 Å². The molecule has 1 aliphatic rings. The Morgan fingerprint density at radius 1 is 1.29 bits per heavy atom. The number of aromatic nitrogens is 2. The Bertz CT molecular complexity index is 659. The number of aryl methyl sites for hydroxylation is 1. The van der Waals surface area contributed by atoms with Crippen molar-refractivity contribution in [1.29, 1.82) is 0 Å². The average molecular weight is 348 g/mol. The lowest BCUT2D eigenvalue weighted by atomic mass is 10.1. The fraction of sp³-hybridized carbons (Fsp3) is 0.375. The first kappa shape index (κ1) is 14.3. The molecule has 0 radical (unpaired) electrons. The highest BCUT2D eigenvalue weighted by molar-refractivity contribution is 9.10. The summed E-state index contributed by atoms with van der Waals surface area (Å²) in [5.74, 6) is 0.00772. The first-order valence-corrected chi connectivity index (χ1v) is 8.01. The summed E-state index contributed by atoms with van der Waals surface area (Å²) in [5, 5.41) is 7.31. The van der Waals surface area contributed by atoms with E-state index in [0.29, 0.717) is 11.6 Å². The van der Waals surface area contributed by atoms with Crippen molar-refractivity contribution < 1.29 is 4.79 Å². The molecule has 1 aromatic heterocycles. The van der Waals surface area contributed by atoms with Crippen LogP contribution < -0.4 is 5.32 Å². The summed E-state index contributed by atoms with van der Waals surface area (Å²) in [6, 6.07) is 6.12. The smallest absolute Gasteiger partial charge is 0.251 e. The number of hydrogen-bond donors (Lipinski definition) is 1. The quantitative estimate of drug-likeness (QED) is 0.923. The van der Waals surface area contributed by atoms with Crippen LogP contribution in [0.1, 0.15) is 36.0 Å².